The van der Waals surface area contributed by atoms with Crippen LogP contribution in [-0.4, -0.2) is 39.6 Å². The topological polar surface area (TPSA) is 67.2 Å². The van der Waals surface area contributed by atoms with Crippen LogP contribution in [0.25, 0.3) is 16.9 Å². The summed E-state index contributed by atoms with van der Waals surface area (Å²) < 4.78 is 15.0. The van der Waals surface area contributed by atoms with Crippen molar-refractivity contribution in [1.29, 1.82) is 0 Å². The van der Waals surface area contributed by atoms with Gasteiger partial charge in [0.15, 0.2) is 0 Å². The molecule has 3 aromatic rings. The van der Waals surface area contributed by atoms with Gasteiger partial charge in [0.2, 0.25) is 11.8 Å². The van der Waals surface area contributed by atoms with E-state index in [1.54, 1.807) is 27.8 Å². The average molecular weight is 423 g/mol. The van der Waals surface area contributed by atoms with E-state index in [-0.39, 0.29) is 24.2 Å². The molecule has 6 nitrogen and oxygen atoms in total. The van der Waals surface area contributed by atoms with Gasteiger partial charge >= 0.3 is 0 Å². The number of anilines is 1. The lowest BCUT2D eigenvalue weighted by atomic mass is 10.1. The fourth-order valence-electron chi connectivity index (χ4n) is 3.22. The Hall–Kier alpha value is -3.48. The van der Waals surface area contributed by atoms with Gasteiger partial charge in [-0.15, -0.1) is 0 Å². The lowest BCUT2D eigenvalue weighted by Gasteiger charge is -2.20. The number of likely N-dealkylation sites (N-methyl/N-ethyl adjacent to an activating group) is 1. The summed E-state index contributed by atoms with van der Waals surface area (Å²) in [6.45, 7) is 4.31. The minimum atomic E-state index is -0.353. The molecule has 0 aliphatic carbocycles. The summed E-state index contributed by atoms with van der Waals surface area (Å²) in [5.41, 5.74) is 2.18. The molecule has 0 unspecified atom stereocenters. The summed E-state index contributed by atoms with van der Waals surface area (Å²) in [5.74, 6) is -0.243. The molecule has 0 fully saturated rings. The molecule has 0 aliphatic heterocycles. The van der Waals surface area contributed by atoms with Crippen molar-refractivity contribution in [2.24, 2.45) is 0 Å². The molecule has 0 radical (unpaired) electrons. The summed E-state index contributed by atoms with van der Waals surface area (Å²) in [7, 11) is 0. The predicted molar refractivity (Wildman–Crippen MR) is 119 cm³/mol. The third-order valence-corrected chi connectivity index (χ3v) is 4.93. The Labute approximate surface area is 181 Å². The predicted octanol–water partition coefficient (Wildman–Crippen LogP) is 4.66. The van der Waals surface area contributed by atoms with Crippen molar-refractivity contribution in [3.63, 3.8) is 0 Å². The molecule has 0 saturated carbocycles. The van der Waals surface area contributed by atoms with Gasteiger partial charge in [0, 0.05) is 24.6 Å². The summed E-state index contributed by atoms with van der Waals surface area (Å²) in [6.07, 6.45) is 2.16. The quantitative estimate of drug-likeness (QED) is 0.546. The van der Waals surface area contributed by atoms with Crippen molar-refractivity contribution in [2.45, 2.75) is 33.1 Å². The first-order chi connectivity index (χ1) is 15.0. The molecule has 2 aromatic carbocycles. The van der Waals surface area contributed by atoms with Gasteiger partial charge in [-0.1, -0.05) is 43.7 Å². The van der Waals surface area contributed by atoms with Gasteiger partial charge in [0.25, 0.3) is 0 Å². The molecular weight excluding hydrogens is 395 g/mol. The van der Waals surface area contributed by atoms with Gasteiger partial charge in [-0.3, -0.25) is 9.59 Å². The zero-order valence-electron chi connectivity index (χ0n) is 17.8. The molecule has 7 heteroatoms. The van der Waals surface area contributed by atoms with E-state index in [1.165, 1.54) is 12.1 Å². The number of benzene rings is 2. The van der Waals surface area contributed by atoms with Crippen LogP contribution in [-0.2, 0) is 9.59 Å². The number of rotatable bonds is 9. The van der Waals surface area contributed by atoms with E-state index in [4.69, 9.17) is 0 Å². The molecule has 0 bridgehead atoms. The number of carbonyl (C=O) groups is 2. The van der Waals surface area contributed by atoms with E-state index in [2.05, 4.69) is 10.4 Å². The summed E-state index contributed by atoms with van der Waals surface area (Å²) >= 11 is 0. The third-order valence-electron chi connectivity index (χ3n) is 4.93. The van der Waals surface area contributed by atoms with Crippen molar-refractivity contribution < 1.29 is 14.0 Å². The zero-order valence-corrected chi connectivity index (χ0v) is 17.8. The Morgan fingerprint density at radius 2 is 1.77 bits per heavy atom. The summed E-state index contributed by atoms with van der Waals surface area (Å²) in [4.78, 5) is 26.6. The number of amides is 2. The minimum absolute atomic E-state index is 0.0310. The van der Waals surface area contributed by atoms with Gasteiger partial charge in [0.05, 0.1) is 17.9 Å². The minimum Gasteiger partial charge on any atom is -0.334 e. The molecule has 0 saturated heterocycles. The molecule has 1 heterocycles. The lowest BCUT2D eigenvalue weighted by molar-refractivity contribution is -0.134. The molecule has 3 rings (SSSR count). The highest BCUT2D eigenvalue weighted by molar-refractivity contribution is 5.94. The van der Waals surface area contributed by atoms with Crippen LogP contribution in [0.4, 0.5) is 10.2 Å². The number of nitrogens with one attached hydrogen (secondary N) is 1. The number of carbonyl (C=O) groups excluding carboxylic acids is 2. The largest absolute Gasteiger partial charge is 0.334 e. The third kappa shape index (κ3) is 5.78. The number of halogens is 1. The van der Waals surface area contributed by atoms with Crippen molar-refractivity contribution in [3.05, 3.63) is 66.5 Å². The number of unbranched alkanes of at least 4 members (excludes halogenated alkanes) is 1. The highest BCUT2D eigenvalue weighted by Gasteiger charge is 2.18. The second-order valence-corrected chi connectivity index (χ2v) is 7.23. The van der Waals surface area contributed by atoms with E-state index in [0.717, 1.165) is 18.4 Å². The second-order valence-electron chi connectivity index (χ2n) is 7.23. The van der Waals surface area contributed by atoms with Crippen LogP contribution in [0.15, 0.2) is 60.7 Å². The van der Waals surface area contributed by atoms with E-state index in [0.29, 0.717) is 30.2 Å². The van der Waals surface area contributed by atoms with Crippen LogP contribution in [0, 0.1) is 5.82 Å². The highest BCUT2D eigenvalue weighted by atomic mass is 19.1. The molecular formula is C24H27FN4O2. The monoisotopic (exact) mass is 422 g/mol. The van der Waals surface area contributed by atoms with Crippen LogP contribution in [0.3, 0.4) is 0 Å². The number of hydrogen-bond donors (Lipinski definition) is 1. The van der Waals surface area contributed by atoms with Crippen molar-refractivity contribution in [1.82, 2.24) is 14.7 Å². The number of nitrogens with zero attached hydrogens (tertiary/aromatic N) is 3. The van der Waals surface area contributed by atoms with E-state index >= 15 is 0 Å². The first-order valence-corrected chi connectivity index (χ1v) is 10.5. The van der Waals surface area contributed by atoms with Crippen LogP contribution in [0.1, 0.15) is 33.1 Å². The fraction of sp³-hybridized carbons (Fsp3) is 0.292. The van der Waals surface area contributed by atoms with E-state index in [9.17, 15) is 14.0 Å². The van der Waals surface area contributed by atoms with Gasteiger partial charge in [-0.05, 0) is 37.6 Å². The van der Waals surface area contributed by atoms with Gasteiger partial charge < -0.3 is 10.2 Å². The number of aromatic nitrogens is 2. The SMILES string of the molecule is CCCCC(=O)N(CC)CC(=O)Nc1cc(-c2ccccc2)nn1-c1ccc(F)cc1. The standard InChI is InChI=1S/C24H27FN4O2/c1-3-5-11-24(31)28(4-2)17-23(30)26-22-16-21(18-9-7-6-8-10-18)27-29(22)20-14-12-19(25)13-15-20/h6-10,12-16H,3-5,11,17H2,1-2H3,(H,26,30). The van der Waals surface area contributed by atoms with Crippen LogP contribution >= 0.6 is 0 Å². The summed E-state index contributed by atoms with van der Waals surface area (Å²) in [5, 5.41) is 7.47. The van der Waals surface area contributed by atoms with Crippen molar-refractivity contribution in [2.75, 3.05) is 18.4 Å². The maximum Gasteiger partial charge on any atom is 0.245 e. The van der Waals surface area contributed by atoms with Crippen molar-refractivity contribution >= 4 is 17.6 Å². The molecule has 0 atom stereocenters. The van der Waals surface area contributed by atoms with Gasteiger partial charge in [-0.2, -0.15) is 5.10 Å². The van der Waals surface area contributed by atoms with Gasteiger partial charge in [-0.25, -0.2) is 9.07 Å². The normalized spacial score (nSPS) is 10.7. The van der Waals surface area contributed by atoms with E-state index in [1.807, 2.05) is 44.2 Å². The Morgan fingerprint density at radius 3 is 2.42 bits per heavy atom. The fourth-order valence-corrected chi connectivity index (χ4v) is 3.22. The Kier molecular flexibility index (Phi) is 7.54. The second kappa shape index (κ2) is 10.5. The van der Waals surface area contributed by atoms with Crippen LogP contribution in [0.5, 0.6) is 0 Å². The molecule has 162 valence electrons. The first-order valence-electron chi connectivity index (χ1n) is 10.5. The molecule has 1 N–H and O–H groups in total. The molecule has 0 spiro atoms. The molecule has 1 aromatic heterocycles. The molecule has 31 heavy (non-hydrogen) atoms. The Balaban J connectivity index is 1.85. The van der Waals surface area contributed by atoms with Crippen molar-refractivity contribution in [3.8, 4) is 16.9 Å². The first kappa shape index (κ1) is 22.2. The average Bonchev–Trinajstić information content (AvgIpc) is 3.20. The van der Waals surface area contributed by atoms with Crippen LogP contribution < -0.4 is 5.32 Å². The number of hydrogen-bond acceptors (Lipinski definition) is 3. The maximum atomic E-state index is 13.4. The Morgan fingerprint density at radius 1 is 1.06 bits per heavy atom. The smallest absolute Gasteiger partial charge is 0.245 e. The van der Waals surface area contributed by atoms with E-state index < -0.39 is 0 Å². The lowest BCUT2D eigenvalue weighted by Crippen LogP contribution is -2.38. The van der Waals surface area contributed by atoms with Crippen LogP contribution in [0.2, 0.25) is 0 Å². The zero-order chi connectivity index (χ0) is 22.2. The highest BCUT2D eigenvalue weighted by Crippen LogP contribution is 2.25. The Bertz CT molecular complexity index is 1020. The van der Waals surface area contributed by atoms with Gasteiger partial charge in [0.1, 0.15) is 11.6 Å². The maximum absolute atomic E-state index is 13.4. The summed E-state index contributed by atoms with van der Waals surface area (Å²) in [6, 6.07) is 17.2. The molecule has 0 aliphatic rings. The molecule has 2 amide bonds.